The van der Waals surface area contributed by atoms with Gasteiger partial charge in [-0.15, -0.1) is 11.3 Å². The average molecular weight is 397 g/mol. The van der Waals surface area contributed by atoms with E-state index >= 15 is 0 Å². The Labute approximate surface area is 167 Å². The first-order valence-corrected chi connectivity index (χ1v) is 10.4. The van der Waals surface area contributed by atoms with Crippen LogP contribution in [0.15, 0.2) is 46.9 Å². The third-order valence-corrected chi connectivity index (χ3v) is 6.29. The number of ether oxygens (including phenoxy) is 1. The highest BCUT2D eigenvalue weighted by molar-refractivity contribution is 7.12. The lowest BCUT2D eigenvalue weighted by molar-refractivity contribution is 0.162. The van der Waals surface area contributed by atoms with Gasteiger partial charge in [-0.25, -0.2) is 9.79 Å². The molecule has 1 amide bonds. The first kappa shape index (κ1) is 18.6. The number of carbonyl (C=O) groups excluding carboxylic acids is 1. The van der Waals surface area contributed by atoms with E-state index in [-0.39, 0.29) is 12.1 Å². The fourth-order valence-electron chi connectivity index (χ4n) is 3.93. The molecule has 1 fully saturated rings. The van der Waals surface area contributed by atoms with Crippen LogP contribution in [0, 0.1) is 0 Å². The summed E-state index contributed by atoms with van der Waals surface area (Å²) in [6.45, 7) is 0. The molecule has 1 saturated carbocycles. The van der Waals surface area contributed by atoms with Crippen LogP contribution in [0.3, 0.4) is 0 Å². The van der Waals surface area contributed by atoms with Crippen molar-refractivity contribution >= 4 is 39.9 Å². The van der Waals surface area contributed by atoms with Crippen LogP contribution in [0.1, 0.15) is 42.0 Å². The van der Waals surface area contributed by atoms with Crippen molar-refractivity contribution in [2.75, 3.05) is 7.11 Å². The molecular formula is C21H24N4O2S. The van der Waals surface area contributed by atoms with Crippen LogP contribution in [-0.4, -0.2) is 30.1 Å². The topological polar surface area (TPSA) is 92.5 Å². The fourth-order valence-corrected chi connectivity index (χ4v) is 4.56. The zero-order valence-electron chi connectivity index (χ0n) is 15.8. The molecular weight excluding hydrogens is 372 g/mol. The molecule has 4 N–H and O–H groups in total. The predicted octanol–water partition coefficient (Wildman–Crippen LogP) is 4.65. The number of nitrogens with two attached hydrogens (primary N) is 1. The van der Waals surface area contributed by atoms with Crippen LogP contribution < -0.4 is 11.1 Å². The number of benzene rings is 1. The number of carbonyl (C=O) groups is 1. The van der Waals surface area contributed by atoms with Gasteiger partial charge in [0.1, 0.15) is 5.84 Å². The summed E-state index contributed by atoms with van der Waals surface area (Å²) in [6, 6.07) is 10.3. The number of aromatic amines is 1. The molecule has 2 aromatic heterocycles. The SMILES string of the molecule is COC(=O)NC1CCC(c2c[nH]c3ccc(N=C(N)c4cccs4)cc23)CC1. The average Bonchev–Trinajstić information content (AvgIpc) is 3.38. The minimum atomic E-state index is -0.346. The molecule has 1 aliphatic carbocycles. The molecule has 0 bridgehead atoms. The molecule has 0 aliphatic heterocycles. The maximum Gasteiger partial charge on any atom is 0.407 e. The van der Waals surface area contributed by atoms with Crippen molar-refractivity contribution in [1.82, 2.24) is 10.3 Å². The Hall–Kier alpha value is -2.80. The highest BCUT2D eigenvalue weighted by atomic mass is 32.1. The van der Waals surface area contributed by atoms with Crippen molar-refractivity contribution in [3.05, 3.63) is 52.3 Å². The van der Waals surface area contributed by atoms with Crippen LogP contribution in [0.4, 0.5) is 10.5 Å². The number of rotatable bonds is 4. The number of methoxy groups -OCH3 is 1. The summed E-state index contributed by atoms with van der Waals surface area (Å²) >= 11 is 1.59. The van der Waals surface area contributed by atoms with Gasteiger partial charge in [0.25, 0.3) is 0 Å². The van der Waals surface area contributed by atoms with Crippen molar-refractivity contribution < 1.29 is 9.53 Å². The number of thiophene rings is 1. The molecule has 0 radical (unpaired) electrons. The Bertz CT molecular complexity index is 985. The molecule has 0 atom stereocenters. The van der Waals surface area contributed by atoms with Gasteiger partial charge >= 0.3 is 6.09 Å². The Kier molecular flexibility index (Phi) is 5.34. The number of hydrogen-bond donors (Lipinski definition) is 3. The van der Waals surface area contributed by atoms with Gasteiger partial charge in [0.2, 0.25) is 0 Å². The number of nitrogens with zero attached hydrogens (tertiary/aromatic N) is 1. The number of H-pyrrole nitrogens is 1. The van der Waals surface area contributed by atoms with Crippen molar-refractivity contribution in [1.29, 1.82) is 0 Å². The van der Waals surface area contributed by atoms with Crippen LogP contribution in [0.2, 0.25) is 0 Å². The van der Waals surface area contributed by atoms with Crippen LogP contribution in [-0.2, 0) is 4.74 Å². The first-order chi connectivity index (χ1) is 13.6. The highest BCUT2D eigenvalue weighted by Gasteiger charge is 2.25. The maximum atomic E-state index is 11.4. The van der Waals surface area contributed by atoms with Gasteiger partial charge in [0, 0.05) is 23.1 Å². The number of amides is 1. The van der Waals surface area contributed by atoms with Crippen LogP contribution in [0.5, 0.6) is 0 Å². The molecule has 1 aromatic carbocycles. The molecule has 0 spiro atoms. The van der Waals surface area contributed by atoms with E-state index in [9.17, 15) is 4.79 Å². The number of hydrogen-bond acceptors (Lipinski definition) is 4. The molecule has 3 aromatic rings. The second kappa shape index (κ2) is 8.06. The molecule has 28 heavy (non-hydrogen) atoms. The summed E-state index contributed by atoms with van der Waals surface area (Å²) in [4.78, 5) is 20.4. The summed E-state index contributed by atoms with van der Waals surface area (Å²) in [5.41, 5.74) is 9.43. The molecule has 2 heterocycles. The zero-order valence-corrected chi connectivity index (χ0v) is 16.6. The minimum Gasteiger partial charge on any atom is -0.453 e. The predicted molar refractivity (Wildman–Crippen MR) is 114 cm³/mol. The Balaban J connectivity index is 1.53. The smallest absolute Gasteiger partial charge is 0.407 e. The van der Waals surface area contributed by atoms with Gasteiger partial charge in [0.15, 0.2) is 0 Å². The highest BCUT2D eigenvalue weighted by Crippen LogP contribution is 2.37. The third-order valence-electron chi connectivity index (χ3n) is 5.39. The second-order valence-corrected chi connectivity index (χ2v) is 8.08. The zero-order chi connectivity index (χ0) is 19.5. The molecule has 6 nitrogen and oxygen atoms in total. The molecule has 0 saturated heterocycles. The van der Waals surface area contributed by atoms with Gasteiger partial charge in [-0.3, -0.25) is 0 Å². The summed E-state index contributed by atoms with van der Waals surface area (Å²) in [5, 5.41) is 6.11. The molecule has 4 rings (SSSR count). The van der Waals surface area contributed by atoms with Gasteiger partial charge in [0.05, 0.1) is 17.7 Å². The van der Waals surface area contributed by atoms with Crippen molar-refractivity contribution in [3.8, 4) is 0 Å². The lowest BCUT2D eigenvalue weighted by Crippen LogP contribution is -2.37. The minimum absolute atomic E-state index is 0.194. The lowest BCUT2D eigenvalue weighted by atomic mass is 9.81. The van der Waals surface area contributed by atoms with Gasteiger partial charge in [-0.1, -0.05) is 6.07 Å². The van der Waals surface area contributed by atoms with E-state index in [1.165, 1.54) is 18.1 Å². The first-order valence-electron chi connectivity index (χ1n) is 9.47. The fraction of sp³-hybridized carbons (Fsp3) is 0.333. The summed E-state index contributed by atoms with van der Waals surface area (Å²) in [6.07, 6.45) is 5.74. The van der Waals surface area contributed by atoms with Crippen molar-refractivity contribution in [2.45, 2.75) is 37.6 Å². The monoisotopic (exact) mass is 396 g/mol. The normalized spacial score (nSPS) is 20.2. The Morgan fingerprint density at radius 1 is 1.29 bits per heavy atom. The van der Waals surface area contributed by atoms with E-state index in [1.54, 1.807) is 11.3 Å². The van der Waals surface area contributed by atoms with Crippen molar-refractivity contribution in [3.63, 3.8) is 0 Å². The standard InChI is InChI=1S/C21H24N4O2S/c1-27-21(26)25-14-6-4-13(5-7-14)17-12-23-18-9-8-15(11-16(17)18)24-20(22)19-3-2-10-28-19/h2-3,8-14,23H,4-7H2,1H3,(H2,22,24)(H,25,26). The van der Waals surface area contributed by atoms with E-state index in [0.29, 0.717) is 11.8 Å². The number of aromatic nitrogens is 1. The Morgan fingerprint density at radius 2 is 2.11 bits per heavy atom. The number of amidine groups is 1. The van der Waals surface area contributed by atoms with E-state index < -0.39 is 0 Å². The summed E-state index contributed by atoms with van der Waals surface area (Å²) in [7, 11) is 1.40. The molecule has 7 heteroatoms. The number of alkyl carbamates (subject to hydrolysis) is 1. The quantitative estimate of drug-likeness (QED) is 0.443. The molecule has 0 unspecified atom stereocenters. The van der Waals surface area contributed by atoms with Crippen LogP contribution >= 0.6 is 11.3 Å². The maximum absolute atomic E-state index is 11.4. The van der Waals surface area contributed by atoms with Gasteiger partial charge < -0.3 is 20.8 Å². The molecule has 146 valence electrons. The van der Waals surface area contributed by atoms with E-state index in [2.05, 4.69) is 33.6 Å². The van der Waals surface area contributed by atoms with Crippen LogP contribution in [0.25, 0.3) is 10.9 Å². The van der Waals surface area contributed by atoms with E-state index in [4.69, 9.17) is 10.5 Å². The number of nitrogens with one attached hydrogen (secondary N) is 2. The number of fused-ring (bicyclic) bond motifs is 1. The summed E-state index contributed by atoms with van der Waals surface area (Å²) < 4.78 is 4.70. The lowest BCUT2D eigenvalue weighted by Gasteiger charge is -2.28. The number of aliphatic imine (C=N–C) groups is 1. The largest absolute Gasteiger partial charge is 0.453 e. The molecule has 1 aliphatic rings. The van der Waals surface area contributed by atoms with E-state index in [0.717, 1.165) is 41.8 Å². The van der Waals surface area contributed by atoms with Crippen molar-refractivity contribution in [2.24, 2.45) is 10.7 Å². The summed E-state index contributed by atoms with van der Waals surface area (Å²) in [5.74, 6) is 1.01. The third kappa shape index (κ3) is 3.89. The van der Waals surface area contributed by atoms with E-state index in [1.807, 2.05) is 23.6 Å². The Morgan fingerprint density at radius 3 is 2.82 bits per heavy atom. The second-order valence-electron chi connectivity index (χ2n) is 7.13. The van der Waals surface area contributed by atoms with Gasteiger partial charge in [-0.05, 0) is 66.8 Å². The van der Waals surface area contributed by atoms with Gasteiger partial charge in [-0.2, -0.15) is 0 Å².